The number of hydrogen-bond donors (Lipinski definition) is 0. The van der Waals surface area contributed by atoms with Gasteiger partial charge < -0.3 is 9.74 Å². The maximum Gasteiger partial charge on any atom is 0.254 e. The molecule has 0 aliphatic carbocycles. The van der Waals surface area contributed by atoms with Gasteiger partial charge in [-0.3, -0.25) is 9.69 Å². The molecular formula is C23H29N3O2S. The highest BCUT2D eigenvalue weighted by atomic mass is 32.1. The van der Waals surface area contributed by atoms with Crippen molar-refractivity contribution in [2.24, 2.45) is 5.16 Å². The first-order valence-electron chi connectivity index (χ1n) is 10.5. The van der Waals surface area contributed by atoms with Crippen molar-refractivity contribution in [3.63, 3.8) is 0 Å². The molecule has 154 valence electrons. The maximum atomic E-state index is 13.2. The molecule has 2 atom stereocenters. The Bertz CT molecular complexity index is 861. The number of hydrogen-bond acceptors (Lipinski definition) is 5. The van der Waals surface area contributed by atoms with Crippen molar-refractivity contribution < 1.29 is 9.63 Å². The number of nitrogens with zero attached hydrogens (tertiary/aromatic N) is 3. The van der Waals surface area contributed by atoms with Gasteiger partial charge in [0.05, 0.1) is 6.21 Å². The molecule has 1 amide bonds. The highest BCUT2D eigenvalue weighted by molar-refractivity contribution is 7.17. The smallest absolute Gasteiger partial charge is 0.254 e. The lowest BCUT2D eigenvalue weighted by Gasteiger charge is -2.30. The number of thiophene rings is 1. The molecule has 2 aromatic rings. The van der Waals surface area contributed by atoms with Crippen LogP contribution in [0.15, 0.2) is 41.6 Å². The second-order valence-corrected chi connectivity index (χ2v) is 9.09. The number of rotatable bonds is 6. The number of carbonyl (C=O) groups excluding carboxylic acids is 1. The molecule has 1 aromatic carbocycles. The van der Waals surface area contributed by atoms with E-state index in [0.717, 1.165) is 46.8 Å². The van der Waals surface area contributed by atoms with Gasteiger partial charge in [-0.2, -0.15) is 0 Å². The van der Waals surface area contributed by atoms with Gasteiger partial charge >= 0.3 is 0 Å². The van der Waals surface area contributed by atoms with Crippen LogP contribution in [0.3, 0.4) is 0 Å². The molecular weight excluding hydrogens is 382 g/mol. The molecule has 5 nitrogen and oxygen atoms in total. The van der Waals surface area contributed by atoms with Crippen molar-refractivity contribution >= 4 is 23.5 Å². The zero-order valence-electron chi connectivity index (χ0n) is 17.2. The van der Waals surface area contributed by atoms with Crippen molar-refractivity contribution in [1.82, 2.24) is 9.80 Å². The minimum atomic E-state index is 0.171. The monoisotopic (exact) mass is 411 g/mol. The molecule has 0 spiro atoms. The summed E-state index contributed by atoms with van der Waals surface area (Å²) in [6.07, 6.45) is 6.50. The summed E-state index contributed by atoms with van der Waals surface area (Å²) in [5.41, 5.74) is 1.90. The van der Waals surface area contributed by atoms with E-state index in [-0.39, 0.29) is 5.91 Å². The molecule has 1 aromatic heterocycles. The Kier molecular flexibility index (Phi) is 6.31. The summed E-state index contributed by atoms with van der Waals surface area (Å²) in [6.45, 7) is 5.38. The van der Waals surface area contributed by atoms with E-state index in [4.69, 9.17) is 4.84 Å². The van der Waals surface area contributed by atoms with Gasteiger partial charge in [0.15, 0.2) is 0 Å². The Morgan fingerprint density at radius 1 is 1.17 bits per heavy atom. The van der Waals surface area contributed by atoms with E-state index in [1.807, 2.05) is 30.3 Å². The van der Waals surface area contributed by atoms with Gasteiger partial charge in [0.25, 0.3) is 5.91 Å². The van der Waals surface area contributed by atoms with Crippen LogP contribution >= 0.6 is 11.3 Å². The van der Waals surface area contributed by atoms with Crippen molar-refractivity contribution in [1.29, 1.82) is 0 Å². The van der Waals surface area contributed by atoms with Gasteiger partial charge in [0, 0.05) is 40.5 Å². The van der Waals surface area contributed by atoms with E-state index in [1.165, 1.54) is 26.5 Å². The highest BCUT2D eigenvalue weighted by Gasteiger charge is 2.32. The minimum absolute atomic E-state index is 0.171. The quantitative estimate of drug-likeness (QED) is 0.520. The van der Waals surface area contributed by atoms with Crippen molar-refractivity contribution in [2.45, 2.75) is 44.7 Å². The van der Waals surface area contributed by atoms with E-state index in [1.54, 1.807) is 17.6 Å². The van der Waals surface area contributed by atoms with Crippen LogP contribution in [-0.2, 0) is 4.84 Å². The van der Waals surface area contributed by atoms with Crippen LogP contribution in [-0.4, -0.2) is 60.7 Å². The fraction of sp³-hybridized carbons (Fsp3) is 0.478. The molecule has 0 unspecified atom stereocenters. The van der Waals surface area contributed by atoms with Crippen molar-refractivity contribution in [3.05, 3.63) is 46.8 Å². The van der Waals surface area contributed by atoms with E-state index in [2.05, 4.69) is 27.9 Å². The summed E-state index contributed by atoms with van der Waals surface area (Å²) < 4.78 is 0. The summed E-state index contributed by atoms with van der Waals surface area (Å²) in [6, 6.07) is 13.1. The van der Waals surface area contributed by atoms with Crippen LogP contribution in [0.4, 0.5) is 0 Å². The van der Waals surface area contributed by atoms with Gasteiger partial charge in [-0.05, 0) is 69.0 Å². The van der Waals surface area contributed by atoms with Crippen LogP contribution in [0.5, 0.6) is 0 Å². The Morgan fingerprint density at radius 3 is 2.69 bits per heavy atom. The fourth-order valence-corrected chi connectivity index (χ4v) is 5.33. The topological polar surface area (TPSA) is 45.1 Å². The number of benzene rings is 1. The molecule has 4 rings (SSSR count). The number of oxime groups is 1. The minimum Gasteiger partial charge on any atom is -0.399 e. The lowest BCUT2D eigenvalue weighted by molar-refractivity contribution is 0.0697. The van der Waals surface area contributed by atoms with Gasteiger partial charge in [-0.25, -0.2) is 0 Å². The zero-order valence-corrected chi connectivity index (χ0v) is 18.0. The molecule has 2 fully saturated rings. The first-order valence-corrected chi connectivity index (χ1v) is 11.3. The average Bonchev–Trinajstić information content (AvgIpc) is 3.48. The second kappa shape index (κ2) is 9.09. The number of carbonyl (C=O) groups is 1. The molecule has 2 aliphatic heterocycles. The summed E-state index contributed by atoms with van der Waals surface area (Å²) >= 11 is 1.65. The van der Waals surface area contributed by atoms with E-state index >= 15 is 0 Å². The fourth-order valence-electron chi connectivity index (χ4n) is 4.45. The molecule has 29 heavy (non-hydrogen) atoms. The SMILES string of the molecule is CON=Cc1ccc(-c2ccc(C(=O)N3CCC[C@H]3CN3CCC[C@H]3C)cc2)s1. The standard InChI is InChI=1S/C23H29N3O2S/c1-17-5-3-13-25(17)16-20-6-4-14-26(20)23(27)19-9-7-18(8-10-19)22-12-11-21(29-22)15-24-28-2/h7-12,15,17,20H,3-6,13-14,16H2,1-2H3/t17-,20+/m1/s1. The average molecular weight is 412 g/mol. The van der Waals surface area contributed by atoms with Gasteiger partial charge in [0.2, 0.25) is 0 Å². The molecule has 0 saturated carbocycles. The third-order valence-electron chi connectivity index (χ3n) is 6.10. The molecule has 2 aliphatic rings. The summed E-state index contributed by atoms with van der Waals surface area (Å²) in [7, 11) is 1.54. The maximum absolute atomic E-state index is 13.2. The molecule has 0 N–H and O–H groups in total. The molecule has 2 saturated heterocycles. The van der Waals surface area contributed by atoms with Crippen LogP contribution in [0.1, 0.15) is 47.8 Å². The lowest BCUT2D eigenvalue weighted by Crippen LogP contribution is -2.44. The third-order valence-corrected chi connectivity index (χ3v) is 7.17. The second-order valence-electron chi connectivity index (χ2n) is 7.98. The predicted octanol–water partition coefficient (Wildman–Crippen LogP) is 4.48. The number of likely N-dealkylation sites (tertiary alicyclic amines) is 2. The van der Waals surface area contributed by atoms with Crippen molar-refractivity contribution in [2.75, 3.05) is 26.7 Å². The number of amides is 1. The van der Waals surface area contributed by atoms with Crippen molar-refractivity contribution in [3.8, 4) is 10.4 Å². The van der Waals surface area contributed by atoms with Crippen LogP contribution < -0.4 is 0 Å². The van der Waals surface area contributed by atoms with Crippen LogP contribution in [0.25, 0.3) is 10.4 Å². The molecule has 3 heterocycles. The van der Waals surface area contributed by atoms with E-state index in [9.17, 15) is 4.79 Å². The van der Waals surface area contributed by atoms with E-state index in [0.29, 0.717) is 12.1 Å². The molecule has 0 radical (unpaired) electrons. The molecule has 6 heteroatoms. The largest absolute Gasteiger partial charge is 0.399 e. The summed E-state index contributed by atoms with van der Waals surface area (Å²) in [4.78, 5) is 24.8. The Labute approximate surface area is 177 Å². The first-order chi connectivity index (χ1) is 14.2. The Hall–Kier alpha value is -2.18. The summed E-state index contributed by atoms with van der Waals surface area (Å²) in [5, 5.41) is 3.81. The first kappa shape index (κ1) is 20.1. The Morgan fingerprint density at radius 2 is 1.97 bits per heavy atom. The summed E-state index contributed by atoms with van der Waals surface area (Å²) in [5.74, 6) is 0.171. The van der Waals surface area contributed by atoms with Crippen LogP contribution in [0.2, 0.25) is 0 Å². The van der Waals surface area contributed by atoms with E-state index < -0.39 is 0 Å². The van der Waals surface area contributed by atoms with Gasteiger partial charge in [-0.15, -0.1) is 11.3 Å². The lowest BCUT2D eigenvalue weighted by atomic mass is 10.1. The zero-order chi connectivity index (χ0) is 20.2. The highest BCUT2D eigenvalue weighted by Crippen LogP contribution is 2.29. The Balaban J connectivity index is 1.43. The predicted molar refractivity (Wildman–Crippen MR) is 119 cm³/mol. The van der Waals surface area contributed by atoms with Gasteiger partial charge in [-0.1, -0.05) is 17.3 Å². The molecule has 0 bridgehead atoms. The van der Waals surface area contributed by atoms with Crippen LogP contribution in [0, 0.1) is 0 Å². The third kappa shape index (κ3) is 4.54. The van der Waals surface area contributed by atoms with Gasteiger partial charge in [0.1, 0.15) is 7.11 Å². The normalized spacial score (nSPS) is 22.6.